The van der Waals surface area contributed by atoms with Crippen LogP contribution in [0.25, 0.3) is 21.9 Å². The molecule has 0 fully saturated rings. The quantitative estimate of drug-likeness (QED) is 0.160. The lowest BCUT2D eigenvalue weighted by molar-refractivity contribution is 0.332. The Labute approximate surface area is 440 Å². The highest BCUT2D eigenvalue weighted by Gasteiger charge is 2.48. The van der Waals surface area contributed by atoms with Crippen molar-refractivity contribution in [1.29, 1.82) is 0 Å². The fourth-order valence-electron chi connectivity index (χ4n) is 13.7. The monoisotopic (exact) mass is 968 g/mol. The second kappa shape index (κ2) is 16.0. The van der Waals surface area contributed by atoms with Crippen LogP contribution in [0.4, 0.5) is 51.2 Å². The van der Waals surface area contributed by atoms with Gasteiger partial charge in [-0.25, -0.2) is 0 Å². The Hall–Kier alpha value is -6.98. The third-order valence-corrected chi connectivity index (χ3v) is 18.1. The molecule has 3 heterocycles. The minimum atomic E-state index is -0.210. The lowest BCUT2D eigenvalue weighted by Gasteiger charge is -2.48. The average molecular weight is 968 g/mol. The summed E-state index contributed by atoms with van der Waals surface area (Å²) in [5.74, 6) is 0. The molecule has 0 atom stereocenters. The van der Waals surface area contributed by atoms with Crippen LogP contribution in [0.2, 0.25) is 0 Å². The molecule has 0 spiro atoms. The number of nitrogens with zero attached hydrogens (tertiary/aromatic N) is 3. The van der Waals surface area contributed by atoms with Crippen molar-refractivity contribution >= 4 is 96.2 Å². The summed E-state index contributed by atoms with van der Waals surface area (Å²) in [4.78, 5) is 7.73. The minimum Gasteiger partial charge on any atom is -0.456 e. The topological polar surface area (TPSA) is 22.9 Å². The van der Waals surface area contributed by atoms with Gasteiger partial charge in [0.25, 0.3) is 6.71 Å². The predicted octanol–water partition coefficient (Wildman–Crippen LogP) is 17.4. The number of furan rings is 1. The van der Waals surface area contributed by atoms with E-state index in [-0.39, 0.29) is 33.8 Å². The van der Waals surface area contributed by atoms with Gasteiger partial charge in [-0.15, -0.1) is 0 Å². The third-order valence-electron chi connectivity index (χ3n) is 18.1. The van der Waals surface area contributed by atoms with Crippen molar-refractivity contribution in [3.8, 4) is 0 Å². The van der Waals surface area contributed by atoms with Crippen LogP contribution in [0.3, 0.4) is 0 Å². The summed E-state index contributed by atoms with van der Waals surface area (Å²) in [5, 5.41) is 2.28. The summed E-state index contributed by atoms with van der Waals surface area (Å²) >= 11 is 0. The maximum Gasteiger partial charge on any atom is 0.252 e. The summed E-state index contributed by atoms with van der Waals surface area (Å²) in [7, 11) is 0. The lowest BCUT2D eigenvalue weighted by atomic mass is 9.33. The van der Waals surface area contributed by atoms with Gasteiger partial charge in [-0.1, -0.05) is 149 Å². The van der Waals surface area contributed by atoms with Gasteiger partial charge in [-0.2, -0.15) is 0 Å². The first-order valence-corrected chi connectivity index (χ1v) is 27.3. The number of hydrogen-bond acceptors (Lipinski definition) is 4. The SMILES string of the molecule is Cc1cc2c3c(c1)N(c1ccc4c(c1)C(C)(C)CCC4(C)C)c1cc4c(cc1B3c1ccc(N(c3ccccc3)c3ccccc3)cc1N2c1cc(C(C)(C)C)c2oc3ccccc3c2c1)C(C)(C)CCC4(C)C. The molecular formula is C69H70BN3O. The summed E-state index contributed by atoms with van der Waals surface area (Å²) in [5.41, 5.74) is 25.0. The fourth-order valence-corrected chi connectivity index (χ4v) is 13.7. The first kappa shape index (κ1) is 46.8. The molecule has 4 nitrogen and oxygen atoms in total. The number of aryl methyl sites for hydroxylation is 1. The zero-order valence-corrected chi connectivity index (χ0v) is 45.7. The molecule has 0 bridgehead atoms. The number of hydrogen-bond donors (Lipinski definition) is 0. The van der Waals surface area contributed by atoms with E-state index in [1.807, 2.05) is 0 Å². The van der Waals surface area contributed by atoms with Crippen molar-refractivity contribution in [2.75, 3.05) is 14.7 Å². The fraction of sp³-hybridized carbons (Fsp3) is 0.304. The molecule has 0 amide bonds. The van der Waals surface area contributed by atoms with Crippen LogP contribution in [0.1, 0.15) is 135 Å². The van der Waals surface area contributed by atoms with Crippen molar-refractivity contribution < 1.29 is 4.42 Å². The highest BCUT2D eigenvalue weighted by atomic mass is 16.3. The summed E-state index contributed by atoms with van der Waals surface area (Å²) in [6.45, 7) is 29.0. The normalized spacial score (nSPS) is 17.6. The third kappa shape index (κ3) is 7.08. The van der Waals surface area contributed by atoms with Crippen LogP contribution in [0.15, 0.2) is 162 Å². The zero-order chi connectivity index (χ0) is 51.4. The van der Waals surface area contributed by atoms with E-state index in [1.54, 1.807) is 0 Å². The molecule has 0 N–H and O–H groups in total. The number of para-hydroxylation sites is 3. The molecule has 0 unspecified atom stereocenters. The van der Waals surface area contributed by atoms with E-state index in [0.717, 1.165) is 64.0 Å². The Bertz CT molecular complexity index is 3720. The molecule has 74 heavy (non-hydrogen) atoms. The lowest BCUT2D eigenvalue weighted by Crippen LogP contribution is -2.62. The van der Waals surface area contributed by atoms with Gasteiger partial charge in [0, 0.05) is 67.5 Å². The Morgan fingerprint density at radius 2 is 1.00 bits per heavy atom. The molecule has 0 saturated carbocycles. The summed E-state index contributed by atoms with van der Waals surface area (Å²) < 4.78 is 6.84. The van der Waals surface area contributed by atoms with Gasteiger partial charge in [0.1, 0.15) is 11.2 Å². The van der Waals surface area contributed by atoms with Crippen LogP contribution >= 0.6 is 0 Å². The number of anilines is 9. The molecule has 9 aromatic rings. The first-order chi connectivity index (χ1) is 35.2. The van der Waals surface area contributed by atoms with Crippen molar-refractivity contribution in [2.45, 2.75) is 136 Å². The van der Waals surface area contributed by atoms with Crippen molar-refractivity contribution in [2.24, 2.45) is 0 Å². The van der Waals surface area contributed by atoms with Gasteiger partial charge in [0.15, 0.2) is 0 Å². The maximum atomic E-state index is 6.84. The van der Waals surface area contributed by atoms with Crippen LogP contribution < -0.4 is 31.1 Å². The Morgan fingerprint density at radius 1 is 0.459 bits per heavy atom. The smallest absolute Gasteiger partial charge is 0.252 e. The van der Waals surface area contributed by atoms with E-state index in [9.17, 15) is 0 Å². The maximum absolute atomic E-state index is 6.84. The van der Waals surface area contributed by atoms with Crippen molar-refractivity contribution in [1.82, 2.24) is 0 Å². The van der Waals surface area contributed by atoms with E-state index in [1.165, 1.54) is 84.6 Å². The van der Waals surface area contributed by atoms with Gasteiger partial charge in [-0.05, 0) is 189 Å². The molecule has 13 rings (SSSR count). The van der Waals surface area contributed by atoms with Gasteiger partial charge < -0.3 is 19.1 Å². The van der Waals surface area contributed by atoms with Crippen molar-refractivity contribution in [3.63, 3.8) is 0 Å². The summed E-state index contributed by atoms with van der Waals surface area (Å²) in [6.07, 6.45) is 4.66. The molecule has 1 aromatic heterocycles. The van der Waals surface area contributed by atoms with E-state index < -0.39 is 0 Å². The predicted molar refractivity (Wildman–Crippen MR) is 316 cm³/mol. The molecule has 4 aliphatic rings. The van der Waals surface area contributed by atoms with Crippen molar-refractivity contribution in [3.05, 3.63) is 191 Å². The molecule has 8 aromatic carbocycles. The van der Waals surface area contributed by atoms with E-state index >= 15 is 0 Å². The number of fused-ring (bicyclic) bond motifs is 9. The van der Waals surface area contributed by atoms with Gasteiger partial charge in [0.05, 0.1) is 0 Å². The minimum absolute atomic E-state index is 0.0217. The van der Waals surface area contributed by atoms with Gasteiger partial charge >= 0.3 is 0 Å². The molecule has 370 valence electrons. The van der Waals surface area contributed by atoms with Gasteiger partial charge in [-0.3, -0.25) is 0 Å². The molecule has 5 heteroatoms. The van der Waals surface area contributed by atoms with Crippen LogP contribution in [-0.4, -0.2) is 6.71 Å². The molecule has 0 radical (unpaired) electrons. The first-order valence-electron chi connectivity index (χ1n) is 27.3. The molecule has 2 aliphatic carbocycles. The average Bonchev–Trinajstić information content (AvgIpc) is 3.78. The molecular weight excluding hydrogens is 898 g/mol. The number of rotatable bonds is 5. The largest absolute Gasteiger partial charge is 0.456 e. The highest BCUT2D eigenvalue weighted by molar-refractivity contribution is 7.00. The van der Waals surface area contributed by atoms with E-state index in [4.69, 9.17) is 4.42 Å². The zero-order valence-electron chi connectivity index (χ0n) is 45.7. The Morgan fingerprint density at radius 3 is 1.62 bits per heavy atom. The molecule has 0 saturated heterocycles. The van der Waals surface area contributed by atoms with E-state index in [0.29, 0.717) is 0 Å². The highest BCUT2D eigenvalue weighted by Crippen LogP contribution is 2.54. The van der Waals surface area contributed by atoms with Crippen LogP contribution in [0, 0.1) is 6.92 Å². The second-order valence-electron chi connectivity index (χ2n) is 26.0. The Kier molecular flexibility index (Phi) is 10.1. The van der Waals surface area contributed by atoms with Gasteiger partial charge in [0.2, 0.25) is 0 Å². The standard InChI is InChI=1S/C69H70BN3O/c1-43-35-60-63-61(36-43)73(48-37-50-49-25-19-20-26-62(49)74-64(50)55(39-48)65(2,3)4)58-40-47(71(44-21-15-13-16-22-44)45-23-17-14-18-24-45)28-30-56(58)70(63)57-41-53-54(69(11,12)34-33-68(53,9)10)42-59(57)72(60)46-27-29-51-52(38-46)67(7,8)32-31-66(51,5)6/h13-30,35-42H,31-34H2,1-12H3. The molecule has 2 aliphatic heterocycles. The summed E-state index contributed by atoms with van der Waals surface area (Å²) in [6, 6.07) is 60.3. The second-order valence-corrected chi connectivity index (χ2v) is 26.0. The van der Waals surface area contributed by atoms with E-state index in [2.05, 4.69) is 256 Å². The van der Waals surface area contributed by atoms with Crippen LogP contribution in [0.5, 0.6) is 0 Å². The number of benzene rings is 8. The van der Waals surface area contributed by atoms with Crippen LogP contribution in [-0.2, 0) is 27.1 Å². The Balaban J connectivity index is 1.15.